The highest BCUT2D eigenvalue weighted by Gasteiger charge is 2.26. The van der Waals surface area contributed by atoms with Crippen molar-refractivity contribution in [1.82, 2.24) is 0 Å². The standard InChI is InChI=1S/C50H31NO2/c1-3-15-32(16-4-1)36-21-11-12-27-43(36)51(44-28-14-26-41-40-25-13-24-37(49(40)53-50(41)44)33-17-5-2-6-18-33)45-31-47-48(39-23-10-9-22-38(39)45)42-29-34-19-7-8-20-35(34)30-46(42)52-47/h1-31H. The Morgan fingerprint density at radius 3 is 1.68 bits per heavy atom. The van der Waals surface area contributed by atoms with E-state index < -0.39 is 0 Å². The Hall–Kier alpha value is -7.10. The summed E-state index contributed by atoms with van der Waals surface area (Å²) in [5.74, 6) is 0. The SMILES string of the molecule is c1ccc(-c2ccccc2N(c2cc3oc4cc5ccccc5cc4c3c3ccccc23)c2cccc3c2oc2c(-c4ccccc4)cccc23)cc1. The van der Waals surface area contributed by atoms with Crippen molar-refractivity contribution in [1.29, 1.82) is 0 Å². The molecule has 0 bridgehead atoms. The van der Waals surface area contributed by atoms with Crippen molar-refractivity contribution in [2.75, 3.05) is 4.90 Å². The van der Waals surface area contributed by atoms with Crippen LogP contribution in [-0.4, -0.2) is 0 Å². The Kier molecular flexibility index (Phi) is 6.55. The number of nitrogens with zero attached hydrogens (tertiary/aromatic N) is 1. The van der Waals surface area contributed by atoms with Gasteiger partial charge in [-0.05, 0) is 51.6 Å². The van der Waals surface area contributed by atoms with Gasteiger partial charge in [-0.3, -0.25) is 0 Å². The first-order valence-electron chi connectivity index (χ1n) is 18.0. The number of hydrogen-bond acceptors (Lipinski definition) is 3. The second-order valence-corrected chi connectivity index (χ2v) is 13.6. The molecule has 0 aliphatic heterocycles. The quantitative estimate of drug-likeness (QED) is 0.182. The van der Waals surface area contributed by atoms with Gasteiger partial charge >= 0.3 is 0 Å². The van der Waals surface area contributed by atoms with Crippen molar-refractivity contribution >= 4 is 82.5 Å². The number of anilines is 3. The molecule has 3 nitrogen and oxygen atoms in total. The van der Waals surface area contributed by atoms with E-state index in [2.05, 4.69) is 187 Å². The van der Waals surface area contributed by atoms with Gasteiger partial charge < -0.3 is 13.7 Å². The molecule has 0 unspecified atom stereocenters. The minimum atomic E-state index is 0.828. The van der Waals surface area contributed by atoms with Gasteiger partial charge in [-0.15, -0.1) is 0 Å². The Labute approximate surface area is 305 Å². The average Bonchev–Trinajstić information content (AvgIpc) is 3.79. The number of para-hydroxylation sites is 3. The van der Waals surface area contributed by atoms with Crippen molar-refractivity contribution < 1.29 is 8.83 Å². The molecule has 0 N–H and O–H groups in total. The molecule has 2 aromatic heterocycles. The van der Waals surface area contributed by atoms with Gasteiger partial charge in [0, 0.05) is 44.1 Å². The van der Waals surface area contributed by atoms with Crippen LogP contribution in [0.4, 0.5) is 17.1 Å². The topological polar surface area (TPSA) is 29.5 Å². The minimum absolute atomic E-state index is 0.828. The van der Waals surface area contributed by atoms with Crippen LogP contribution in [0.3, 0.4) is 0 Å². The van der Waals surface area contributed by atoms with E-state index in [1.165, 1.54) is 5.39 Å². The summed E-state index contributed by atoms with van der Waals surface area (Å²) in [5, 5.41) is 9.01. The van der Waals surface area contributed by atoms with Crippen LogP contribution in [0.5, 0.6) is 0 Å². The fourth-order valence-electron chi connectivity index (χ4n) is 8.24. The summed E-state index contributed by atoms with van der Waals surface area (Å²) in [4.78, 5) is 2.38. The minimum Gasteiger partial charge on any atom is -0.456 e. The summed E-state index contributed by atoms with van der Waals surface area (Å²) < 4.78 is 13.9. The van der Waals surface area contributed by atoms with E-state index in [4.69, 9.17) is 8.83 Å². The highest BCUT2D eigenvalue weighted by atomic mass is 16.3. The maximum absolute atomic E-state index is 7.07. The maximum Gasteiger partial charge on any atom is 0.159 e. The van der Waals surface area contributed by atoms with Gasteiger partial charge in [-0.25, -0.2) is 0 Å². The Morgan fingerprint density at radius 1 is 0.321 bits per heavy atom. The summed E-state index contributed by atoms with van der Waals surface area (Å²) in [6.07, 6.45) is 0. The van der Waals surface area contributed by atoms with Crippen molar-refractivity contribution in [3.05, 3.63) is 188 Å². The molecule has 0 saturated heterocycles. The molecule has 0 spiro atoms. The number of fused-ring (bicyclic) bond motifs is 9. The van der Waals surface area contributed by atoms with Crippen LogP contribution in [0.25, 0.3) is 87.7 Å². The predicted molar refractivity (Wildman–Crippen MR) is 222 cm³/mol. The zero-order valence-corrected chi connectivity index (χ0v) is 28.7. The summed E-state index contributed by atoms with van der Waals surface area (Å²) in [6.45, 7) is 0. The molecule has 53 heavy (non-hydrogen) atoms. The van der Waals surface area contributed by atoms with Crippen LogP contribution in [0.2, 0.25) is 0 Å². The van der Waals surface area contributed by atoms with Gasteiger partial charge in [0.2, 0.25) is 0 Å². The lowest BCUT2D eigenvalue weighted by atomic mass is 9.97. The molecule has 3 heteroatoms. The van der Waals surface area contributed by atoms with E-state index in [1.54, 1.807) is 0 Å². The monoisotopic (exact) mass is 677 g/mol. The second-order valence-electron chi connectivity index (χ2n) is 13.6. The summed E-state index contributed by atoms with van der Waals surface area (Å²) in [6, 6.07) is 66.5. The van der Waals surface area contributed by atoms with E-state index in [0.29, 0.717) is 0 Å². The predicted octanol–water partition coefficient (Wildman–Crippen LogP) is 14.6. The molecule has 0 amide bonds. The van der Waals surface area contributed by atoms with Crippen LogP contribution in [-0.2, 0) is 0 Å². The molecule has 0 aliphatic rings. The first-order valence-corrected chi connectivity index (χ1v) is 18.0. The van der Waals surface area contributed by atoms with Crippen molar-refractivity contribution in [2.45, 2.75) is 0 Å². The maximum atomic E-state index is 7.07. The fourth-order valence-corrected chi connectivity index (χ4v) is 8.24. The molecule has 9 aromatic carbocycles. The van der Waals surface area contributed by atoms with E-state index in [-0.39, 0.29) is 0 Å². The normalized spacial score (nSPS) is 11.8. The molecular formula is C50H31NO2. The molecule has 248 valence electrons. The van der Waals surface area contributed by atoms with Crippen LogP contribution in [0.15, 0.2) is 197 Å². The van der Waals surface area contributed by atoms with Crippen molar-refractivity contribution in [2.24, 2.45) is 0 Å². The Balaban J connectivity index is 1.25. The lowest BCUT2D eigenvalue weighted by Crippen LogP contribution is -2.12. The van der Waals surface area contributed by atoms with Gasteiger partial charge in [0.25, 0.3) is 0 Å². The van der Waals surface area contributed by atoms with Gasteiger partial charge in [-0.2, -0.15) is 0 Å². The lowest BCUT2D eigenvalue weighted by molar-refractivity contribution is 0.668. The molecule has 2 heterocycles. The smallest absolute Gasteiger partial charge is 0.159 e. The molecule has 0 atom stereocenters. The molecule has 11 aromatic rings. The number of benzene rings is 9. The van der Waals surface area contributed by atoms with Crippen molar-refractivity contribution in [3.8, 4) is 22.3 Å². The number of rotatable bonds is 5. The fraction of sp³-hybridized carbons (Fsp3) is 0. The van der Waals surface area contributed by atoms with Crippen molar-refractivity contribution in [3.63, 3.8) is 0 Å². The molecule has 0 aliphatic carbocycles. The number of hydrogen-bond donors (Lipinski definition) is 0. The zero-order valence-electron chi connectivity index (χ0n) is 28.7. The van der Waals surface area contributed by atoms with Crippen LogP contribution in [0, 0.1) is 0 Å². The van der Waals surface area contributed by atoms with E-state index in [1.807, 2.05) is 6.07 Å². The highest BCUT2D eigenvalue weighted by molar-refractivity contribution is 6.24. The second kappa shape index (κ2) is 11.7. The van der Waals surface area contributed by atoms with E-state index >= 15 is 0 Å². The Morgan fingerprint density at radius 2 is 0.887 bits per heavy atom. The summed E-state index contributed by atoms with van der Waals surface area (Å²) in [7, 11) is 0. The summed E-state index contributed by atoms with van der Waals surface area (Å²) in [5.41, 5.74) is 10.9. The van der Waals surface area contributed by atoms with Crippen LogP contribution >= 0.6 is 0 Å². The third-order valence-electron chi connectivity index (χ3n) is 10.6. The summed E-state index contributed by atoms with van der Waals surface area (Å²) >= 11 is 0. The molecule has 0 saturated carbocycles. The molecular weight excluding hydrogens is 647 g/mol. The largest absolute Gasteiger partial charge is 0.456 e. The Bertz CT molecular complexity index is 3170. The first-order chi connectivity index (χ1) is 26.3. The van der Waals surface area contributed by atoms with Crippen LogP contribution < -0.4 is 4.90 Å². The van der Waals surface area contributed by atoms with Gasteiger partial charge in [0.15, 0.2) is 5.58 Å². The third-order valence-corrected chi connectivity index (χ3v) is 10.6. The molecule has 0 fully saturated rings. The van der Waals surface area contributed by atoms with Crippen LogP contribution in [0.1, 0.15) is 0 Å². The third kappa shape index (κ3) is 4.61. The van der Waals surface area contributed by atoms with Gasteiger partial charge in [0.1, 0.15) is 16.7 Å². The molecule has 0 radical (unpaired) electrons. The lowest BCUT2D eigenvalue weighted by Gasteiger charge is -2.29. The first kappa shape index (κ1) is 29.6. The van der Waals surface area contributed by atoms with E-state index in [0.717, 1.165) is 99.4 Å². The zero-order chi connectivity index (χ0) is 34.9. The van der Waals surface area contributed by atoms with Gasteiger partial charge in [-0.1, -0.05) is 158 Å². The van der Waals surface area contributed by atoms with Gasteiger partial charge in [0.05, 0.1) is 17.1 Å². The van der Waals surface area contributed by atoms with E-state index in [9.17, 15) is 0 Å². The molecule has 11 rings (SSSR count). The number of furan rings is 2. The average molecular weight is 678 g/mol. The highest BCUT2D eigenvalue weighted by Crippen LogP contribution is 2.50.